The molecule has 2 aliphatic rings. The Kier molecular flexibility index (Phi) is 5.57. The summed E-state index contributed by atoms with van der Waals surface area (Å²) in [6.45, 7) is 1.79. The maximum atomic E-state index is 12.8. The molecule has 9 nitrogen and oxygen atoms in total. The number of hydrogen-bond donors (Lipinski definition) is 1. The fraction of sp³-hybridized carbons (Fsp3) is 0.360. The Balaban J connectivity index is 1.29. The highest BCUT2D eigenvalue weighted by Crippen LogP contribution is 2.31. The number of anilines is 1. The average molecular weight is 531 g/mol. The van der Waals surface area contributed by atoms with Gasteiger partial charge >= 0.3 is 0 Å². The van der Waals surface area contributed by atoms with Gasteiger partial charge in [0.15, 0.2) is 5.65 Å². The van der Waals surface area contributed by atoms with Crippen LogP contribution in [0.5, 0.6) is 0 Å². The van der Waals surface area contributed by atoms with Crippen LogP contribution in [-0.4, -0.2) is 54.7 Å². The largest absolute Gasteiger partial charge is 0.351 e. The smallest absolute Gasteiger partial charge is 0.225 e. The Morgan fingerprint density at radius 1 is 1.20 bits per heavy atom. The first-order valence-electron chi connectivity index (χ1n) is 11.9. The van der Waals surface area contributed by atoms with Crippen LogP contribution in [0.4, 0.5) is 5.95 Å². The molecule has 0 unspecified atom stereocenters. The molecule has 1 aliphatic heterocycles. The second-order valence-corrected chi connectivity index (χ2v) is 9.95. The number of rotatable bonds is 4. The first-order chi connectivity index (χ1) is 17.1. The number of nitrogens with zero attached hydrogens (tertiary/aromatic N) is 7. The summed E-state index contributed by atoms with van der Waals surface area (Å²) in [5.74, 6) is 0.877. The van der Waals surface area contributed by atoms with Crippen molar-refractivity contribution in [3.05, 3.63) is 46.8 Å². The average Bonchev–Trinajstić information content (AvgIpc) is 3.64. The van der Waals surface area contributed by atoms with Gasteiger partial charge in [-0.1, -0.05) is 6.07 Å². The van der Waals surface area contributed by atoms with E-state index >= 15 is 0 Å². The zero-order valence-corrected chi connectivity index (χ0v) is 20.6. The van der Waals surface area contributed by atoms with E-state index in [-0.39, 0.29) is 12.0 Å². The van der Waals surface area contributed by atoms with E-state index < -0.39 is 0 Å². The quantitative estimate of drug-likeness (QED) is 0.420. The second kappa shape index (κ2) is 8.89. The second-order valence-electron chi connectivity index (χ2n) is 9.20. The van der Waals surface area contributed by atoms with Crippen LogP contribution in [0.15, 0.2) is 41.3 Å². The molecule has 2 fully saturated rings. The van der Waals surface area contributed by atoms with E-state index in [1.165, 1.54) is 0 Å². The SMILES string of the molecule is N#Cc1cc(-n2nc(Br)c3cnc(N[C@@H]4CC[C@@H](C(=O)N5CCCC5)C4)nc32)cc2cccnc12. The van der Waals surface area contributed by atoms with Crippen molar-refractivity contribution >= 4 is 49.7 Å². The third-order valence-electron chi connectivity index (χ3n) is 6.97. The first-order valence-corrected chi connectivity index (χ1v) is 12.7. The van der Waals surface area contributed by atoms with Crippen molar-refractivity contribution in [1.82, 2.24) is 29.6 Å². The molecule has 6 rings (SSSR count). The van der Waals surface area contributed by atoms with Crippen LogP contribution < -0.4 is 5.32 Å². The van der Waals surface area contributed by atoms with E-state index in [9.17, 15) is 10.1 Å². The molecule has 10 heteroatoms. The van der Waals surface area contributed by atoms with Gasteiger partial charge in [-0.05, 0) is 66.2 Å². The van der Waals surface area contributed by atoms with Gasteiger partial charge < -0.3 is 10.2 Å². The Labute approximate surface area is 210 Å². The van der Waals surface area contributed by atoms with Crippen LogP contribution in [-0.2, 0) is 4.79 Å². The van der Waals surface area contributed by atoms with Gasteiger partial charge in [0.25, 0.3) is 0 Å². The molecule has 0 bridgehead atoms. The Morgan fingerprint density at radius 2 is 2.06 bits per heavy atom. The highest BCUT2D eigenvalue weighted by Gasteiger charge is 2.33. The van der Waals surface area contributed by atoms with E-state index in [1.54, 1.807) is 23.1 Å². The van der Waals surface area contributed by atoms with Crippen molar-refractivity contribution in [1.29, 1.82) is 5.26 Å². The van der Waals surface area contributed by atoms with Crippen LogP contribution in [0.2, 0.25) is 0 Å². The van der Waals surface area contributed by atoms with Crippen molar-refractivity contribution in [2.24, 2.45) is 5.92 Å². The molecule has 1 aliphatic carbocycles. The van der Waals surface area contributed by atoms with Crippen LogP contribution in [0.1, 0.15) is 37.7 Å². The lowest BCUT2D eigenvalue weighted by molar-refractivity contribution is -0.134. The van der Waals surface area contributed by atoms with Crippen LogP contribution in [0.25, 0.3) is 27.6 Å². The topological polar surface area (TPSA) is 113 Å². The zero-order valence-electron chi connectivity index (χ0n) is 19.0. The summed E-state index contributed by atoms with van der Waals surface area (Å²) in [6, 6.07) is 9.88. The number of aromatic nitrogens is 5. The number of nitriles is 1. The molecule has 4 heterocycles. The lowest BCUT2D eigenvalue weighted by Crippen LogP contribution is -2.33. The number of nitrogens with one attached hydrogen (secondary N) is 1. The Hall–Kier alpha value is -3.58. The summed E-state index contributed by atoms with van der Waals surface area (Å²) in [6.07, 6.45) is 8.25. The molecule has 35 heavy (non-hydrogen) atoms. The highest BCUT2D eigenvalue weighted by molar-refractivity contribution is 9.10. The number of likely N-dealkylation sites (tertiary alicyclic amines) is 1. The van der Waals surface area contributed by atoms with Crippen molar-refractivity contribution in [3.8, 4) is 11.8 Å². The monoisotopic (exact) mass is 530 g/mol. The first kappa shape index (κ1) is 21.9. The minimum absolute atomic E-state index is 0.0737. The van der Waals surface area contributed by atoms with Crippen LogP contribution in [0.3, 0.4) is 0 Å². The summed E-state index contributed by atoms with van der Waals surface area (Å²) in [4.78, 5) is 28.4. The molecule has 0 spiro atoms. The minimum Gasteiger partial charge on any atom is -0.351 e. The summed E-state index contributed by atoms with van der Waals surface area (Å²) >= 11 is 3.52. The molecule has 2 atom stereocenters. The number of benzene rings is 1. The number of amides is 1. The molecule has 1 N–H and O–H groups in total. The molecule has 1 saturated carbocycles. The number of hydrogen-bond acceptors (Lipinski definition) is 7. The van der Waals surface area contributed by atoms with Crippen LogP contribution in [0, 0.1) is 17.2 Å². The molecule has 176 valence electrons. The number of carbonyl (C=O) groups is 1. The van der Waals surface area contributed by atoms with E-state index in [0.29, 0.717) is 33.2 Å². The molecule has 3 aromatic heterocycles. The van der Waals surface area contributed by atoms with Gasteiger partial charge in [0.2, 0.25) is 11.9 Å². The van der Waals surface area contributed by atoms with Gasteiger partial charge in [-0.3, -0.25) is 9.78 Å². The van der Waals surface area contributed by atoms with E-state index in [2.05, 4.69) is 42.4 Å². The summed E-state index contributed by atoms with van der Waals surface area (Å²) < 4.78 is 2.34. The number of fused-ring (bicyclic) bond motifs is 2. The Bertz CT molecular complexity index is 1490. The lowest BCUT2D eigenvalue weighted by atomic mass is 10.1. The molecule has 1 aromatic carbocycles. The molecular weight excluding hydrogens is 508 g/mol. The third kappa shape index (κ3) is 4.00. The van der Waals surface area contributed by atoms with Gasteiger partial charge in [-0.2, -0.15) is 15.3 Å². The minimum atomic E-state index is 0.0737. The van der Waals surface area contributed by atoms with E-state index in [4.69, 9.17) is 4.98 Å². The van der Waals surface area contributed by atoms with Gasteiger partial charge in [0.1, 0.15) is 10.7 Å². The predicted molar refractivity (Wildman–Crippen MR) is 135 cm³/mol. The maximum Gasteiger partial charge on any atom is 0.225 e. The summed E-state index contributed by atoms with van der Waals surface area (Å²) in [5, 5.41) is 19.3. The van der Waals surface area contributed by atoms with Crippen molar-refractivity contribution < 1.29 is 4.79 Å². The van der Waals surface area contributed by atoms with Gasteiger partial charge in [0.05, 0.1) is 22.2 Å². The third-order valence-corrected chi connectivity index (χ3v) is 7.55. The number of halogens is 1. The maximum absolute atomic E-state index is 12.8. The molecule has 1 amide bonds. The summed E-state index contributed by atoms with van der Waals surface area (Å²) in [7, 11) is 0. The standard InChI is InChI=1S/C25H23BrN8O/c26-22-20-14-29-25(30-18-6-5-16(10-18)24(35)33-8-1-2-9-33)31-23(20)34(32-22)19-11-15-4-3-7-28-21(15)17(12-19)13-27/h3-4,7,11-12,14,16,18H,1-2,5-6,8-10H2,(H,29,30,31)/t16-,18-/m1/s1. The predicted octanol–water partition coefficient (Wildman–Crippen LogP) is 4.20. The fourth-order valence-electron chi connectivity index (χ4n) is 5.22. The van der Waals surface area contributed by atoms with Crippen molar-refractivity contribution in [2.45, 2.75) is 38.1 Å². The normalized spacial score (nSPS) is 19.9. The van der Waals surface area contributed by atoms with Crippen LogP contribution >= 0.6 is 15.9 Å². The lowest BCUT2D eigenvalue weighted by Gasteiger charge is -2.20. The Morgan fingerprint density at radius 3 is 2.89 bits per heavy atom. The van der Waals surface area contributed by atoms with E-state index in [1.807, 2.05) is 23.1 Å². The number of carbonyl (C=O) groups excluding carboxylic acids is 1. The zero-order chi connectivity index (χ0) is 23.9. The molecule has 4 aromatic rings. The molecular formula is C25H23BrN8O. The summed E-state index contributed by atoms with van der Waals surface area (Å²) in [5.41, 5.74) is 2.49. The van der Waals surface area contributed by atoms with Gasteiger partial charge in [0, 0.05) is 42.8 Å². The number of pyridine rings is 1. The fourth-order valence-corrected chi connectivity index (χ4v) is 5.66. The van der Waals surface area contributed by atoms with Gasteiger partial charge in [-0.15, -0.1) is 0 Å². The molecule has 1 saturated heterocycles. The van der Waals surface area contributed by atoms with Crippen molar-refractivity contribution in [2.75, 3.05) is 18.4 Å². The van der Waals surface area contributed by atoms with Gasteiger partial charge in [-0.25, -0.2) is 9.67 Å². The van der Waals surface area contributed by atoms with E-state index in [0.717, 1.165) is 61.7 Å². The van der Waals surface area contributed by atoms with Crippen molar-refractivity contribution in [3.63, 3.8) is 0 Å². The molecule has 0 radical (unpaired) electrons. The highest BCUT2D eigenvalue weighted by atomic mass is 79.9.